The molecule has 0 aliphatic carbocycles. The molecular formula is C22H12ClF3N2O2. The molecule has 2 aromatic heterocycles. The molecule has 0 unspecified atom stereocenters. The number of benzene rings is 2. The highest BCUT2D eigenvalue weighted by atomic mass is 35.5. The monoisotopic (exact) mass is 428 g/mol. The van der Waals surface area contributed by atoms with Crippen LogP contribution in [0.1, 0.15) is 21.5 Å². The van der Waals surface area contributed by atoms with E-state index >= 15 is 0 Å². The summed E-state index contributed by atoms with van der Waals surface area (Å²) in [7, 11) is 0. The summed E-state index contributed by atoms with van der Waals surface area (Å²) in [5, 5.41) is 0.244. The van der Waals surface area contributed by atoms with Crippen molar-refractivity contribution in [1.82, 2.24) is 9.55 Å². The van der Waals surface area contributed by atoms with Crippen LogP contribution in [0.4, 0.5) is 13.2 Å². The van der Waals surface area contributed by atoms with Gasteiger partial charge in [-0.3, -0.25) is 9.36 Å². The van der Waals surface area contributed by atoms with Crippen molar-refractivity contribution in [2.45, 2.75) is 12.8 Å². The third kappa shape index (κ3) is 2.85. The zero-order valence-corrected chi connectivity index (χ0v) is 16.0. The fraction of sp³-hybridized carbons (Fsp3) is 0.0909. The summed E-state index contributed by atoms with van der Waals surface area (Å²) in [4.78, 5) is 17.4. The van der Waals surface area contributed by atoms with Gasteiger partial charge < -0.3 is 4.74 Å². The van der Waals surface area contributed by atoms with Gasteiger partial charge in [-0.1, -0.05) is 29.8 Å². The molecule has 0 bridgehead atoms. The summed E-state index contributed by atoms with van der Waals surface area (Å²) >= 11 is 6.00. The minimum atomic E-state index is -4.64. The second-order valence-electron chi connectivity index (χ2n) is 6.85. The predicted octanol–water partition coefficient (Wildman–Crippen LogP) is 5.96. The van der Waals surface area contributed by atoms with E-state index in [0.29, 0.717) is 22.0 Å². The first-order valence-corrected chi connectivity index (χ1v) is 9.36. The van der Waals surface area contributed by atoms with Gasteiger partial charge in [0, 0.05) is 11.2 Å². The van der Waals surface area contributed by atoms with Crippen LogP contribution in [-0.2, 0) is 12.8 Å². The zero-order valence-electron chi connectivity index (χ0n) is 15.2. The minimum absolute atomic E-state index is 0.0248. The van der Waals surface area contributed by atoms with Crippen molar-refractivity contribution in [3.63, 3.8) is 0 Å². The molecule has 0 N–H and O–H groups in total. The number of hydrogen-bond donors (Lipinski definition) is 0. The quantitative estimate of drug-likeness (QED) is 0.356. The molecule has 2 aromatic carbocycles. The Balaban J connectivity index is 1.76. The molecule has 1 aliphatic heterocycles. The van der Waals surface area contributed by atoms with Crippen LogP contribution >= 0.6 is 11.6 Å². The Kier molecular flexibility index (Phi) is 4.11. The molecule has 0 radical (unpaired) electrons. The van der Waals surface area contributed by atoms with Crippen LogP contribution in [0.25, 0.3) is 22.3 Å². The Labute approximate surface area is 173 Å². The van der Waals surface area contributed by atoms with E-state index in [-0.39, 0.29) is 28.8 Å². The number of carbonyl (C=O) groups excluding carboxylic acids is 1. The summed E-state index contributed by atoms with van der Waals surface area (Å²) in [6.45, 7) is -0.0551. The number of fused-ring (bicyclic) bond motifs is 4. The summed E-state index contributed by atoms with van der Waals surface area (Å²) in [5.41, 5.74) is 0.709. The van der Waals surface area contributed by atoms with Gasteiger partial charge >= 0.3 is 6.18 Å². The van der Waals surface area contributed by atoms with Gasteiger partial charge in [-0.15, -0.1) is 0 Å². The number of nitrogens with zero attached hydrogens (tertiary/aromatic N) is 2. The first kappa shape index (κ1) is 18.7. The van der Waals surface area contributed by atoms with Gasteiger partial charge in [0.05, 0.1) is 22.2 Å². The van der Waals surface area contributed by atoms with E-state index in [0.717, 1.165) is 6.07 Å². The van der Waals surface area contributed by atoms with Crippen LogP contribution in [0.5, 0.6) is 5.75 Å². The van der Waals surface area contributed by atoms with E-state index < -0.39 is 17.6 Å². The second-order valence-corrected chi connectivity index (χ2v) is 7.29. The SMILES string of the molecule is O=C1c2c(nc3cccc(C(F)(F)F)c3c2OCc2cccc(Cl)c2)-c2cccn21. The Bertz CT molecular complexity index is 1330. The van der Waals surface area contributed by atoms with Crippen LogP contribution in [0.2, 0.25) is 5.02 Å². The molecular weight excluding hydrogens is 417 g/mol. The maximum atomic E-state index is 13.8. The molecule has 5 rings (SSSR count). The molecule has 0 atom stereocenters. The Morgan fingerprint density at radius 1 is 1.07 bits per heavy atom. The van der Waals surface area contributed by atoms with E-state index in [9.17, 15) is 18.0 Å². The van der Waals surface area contributed by atoms with Crippen LogP contribution in [0.3, 0.4) is 0 Å². The van der Waals surface area contributed by atoms with Crippen molar-refractivity contribution in [1.29, 1.82) is 0 Å². The fourth-order valence-electron chi connectivity index (χ4n) is 3.70. The molecule has 3 heterocycles. The normalized spacial score (nSPS) is 12.9. The molecule has 1 aliphatic rings. The summed E-state index contributed by atoms with van der Waals surface area (Å²) < 4.78 is 48.6. The van der Waals surface area contributed by atoms with Crippen molar-refractivity contribution >= 4 is 28.4 Å². The first-order valence-electron chi connectivity index (χ1n) is 8.98. The average Bonchev–Trinajstić information content (AvgIpc) is 3.28. The largest absolute Gasteiger partial charge is 0.487 e. The second kappa shape index (κ2) is 6.60. The van der Waals surface area contributed by atoms with Crippen LogP contribution in [-0.4, -0.2) is 15.5 Å². The molecule has 4 aromatic rings. The Morgan fingerprint density at radius 2 is 1.87 bits per heavy atom. The summed E-state index contributed by atoms with van der Waals surface area (Å²) in [5.74, 6) is -0.603. The number of hydrogen-bond acceptors (Lipinski definition) is 3. The van der Waals surface area contributed by atoms with Gasteiger partial charge in [-0.2, -0.15) is 13.2 Å². The van der Waals surface area contributed by atoms with Crippen molar-refractivity contribution < 1.29 is 22.7 Å². The lowest BCUT2D eigenvalue weighted by Crippen LogP contribution is -2.11. The molecule has 8 heteroatoms. The number of carbonyl (C=O) groups is 1. The summed E-state index contributed by atoms with van der Waals surface area (Å²) in [6.07, 6.45) is -3.09. The van der Waals surface area contributed by atoms with E-state index in [1.807, 2.05) is 0 Å². The van der Waals surface area contributed by atoms with Crippen LogP contribution in [0, 0.1) is 0 Å². The molecule has 4 nitrogen and oxygen atoms in total. The lowest BCUT2D eigenvalue weighted by atomic mass is 10.0. The van der Waals surface area contributed by atoms with Crippen molar-refractivity contribution in [3.8, 4) is 17.1 Å². The van der Waals surface area contributed by atoms with Gasteiger partial charge in [-0.25, -0.2) is 4.98 Å². The summed E-state index contributed by atoms with van der Waals surface area (Å²) in [6, 6.07) is 13.9. The highest BCUT2D eigenvalue weighted by Crippen LogP contribution is 2.45. The maximum absolute atomic E-state index is 13.8. The minimum Gasteiger partial charge on any atom is -0.487 e. The molecule has 0 fully saturated rings. The third-order valence-corrected chi connectivity index (χ3v) is 5.20. The molecule has 0 saturated carbocycles. The number of ether oxygens (including phenoxy) is 1. The number of aromatic nitrogens is 2. The highest BCUT2D eigenvalue weighted by Gasteiger charge is 2.38. The Morgan fingerprint density at radius 3 is 2.63 bits per heavy atom. The van der Waals surface area contributed by atoms with Gasteiger partial charge in [0.2, 0.25) is 0 Å². The number of rotatable bonds is 3. The number of alkyl halides is 3. The molecule has 0 spiro atoms. The topological polar surface area (TPSA) is 44.1 Å². The highest BCUT2D eigenvalue weighted by molar-refractivity contribution is 6.30. The lowest BCUT2D eigenvalue weighted by Gasteiger charge is -2.17. The van der Waals surface area contributed by atoms with Gasteiger partial charge in [0.1, 0.15) is 23.6 Å². The predicted molar refractivity (Wildman–Crippen MR) is 106 cm³/mol. The lowest BCUT2D eigenvalue weighted by molar-refractivity contribution is -0.136. The maximum Gasteiger partial charge on any atom is 0.417 e. The third-order valence-electron chi connectivity index (χ3n) is 4.97. The van der Waals surface area contributed by atoms with Crippen molar-refractivity contribution in [2.24, 2.45) is 0 Å². The van der Waals surface area contributed by atoms with E-state index in [4.69, 9.17) is 16.3 Å². The van der Waals surface area contributed by atoms with Gasteiger partial charge in [-0.05, 0) is 42.0 Å². The van der Waals surface area contributed by atoms with E-state index in [1.54, 1.807) is 42.6 Å². The van der Waals surface area contributed by atoms with Crippen molar-refractivity contribution in [2.75, 3.05) is 0 Å². The van der Waals surface area contributed by atoms with Gasteiger partial charge in [0.25, 0.3) is 5.91 Å². The average molecular weight is 429 g/mol. The van der Waals surface area contributed by atoms with E-state index in [2.05, 4.69) is 4.98 Å². The molecule has 30 heavy (non-hydrogen) atoms. The fourth-order valence-corrected chi connectivity index (χ4v) is 3.91. The molecule has 0 amide bonds. The smallest absolute Gasteiger partial charge is 0.417 e. The first-order chi connectivity index (χ1) is 14.3. The standard InChI is InChI=1S/C22H12ClF3N2O2/c23-13-5-1-4-12(10-13)11-30-20-17-14(22(24,25)26)6-2-7-15(17)27-19-16-8-3-9-28(16)21(29)18(19)20/h1-10H,11H2. The Hall–Kier alpha value is -3.32. The van der Waals surface area contributed by atoms with Crippen molar-refractivity contribution in [3.05, 3.63) is 82.5 Å². The van der Waals surface area contributed by atoms with Crippen LogP contribution < -0.4 is 4.74 Å². The molecule has 150 valence electrons. The van der Waals surface area contributed by atoms with E-state index in [1.165, 1.54) is 16.7 Å². The number of halogens is 4. The van der Waals surface area contributed by atoms with Crippen LogP contribution in [0.15, 0.2) is 60.8 Å². The number of pyridine rings is 1. The zero-order chi connectivity index (χ0) is 21.0. The van der Waals surface area contributed by atoms with Gasteiger partial charge in [0.15, 0.2) is 0 Å². The molecule has 0 saturated heterocycles.